The van der Waals surface area contributed by atoms with Gasteiger partial charge in [0.1, 0.15) is 5.60 Å². The third kappa shape index (κ3) is 1.98. The van der Waals surface area contributed by atoms with Crippen LogP contribution in [0.3, 0.4) is 0 Å². The van der Waals surface area contributed by atoms with Crippen molar-refractivity contribution < 1.29 is 9.90 Å². The summed E-state index contributed by atoms with van der Waals surface area (Å²) in [6.07, 6.45) is 0.448. The number of hydrogen-bond acceptors (Lipinski definition) is 3. The number of thiophene rings is 1. The molecule has 1 aromatic rings. The fourth-order valence-corrected chi connectivity index (χ4v) is 2.00. The molecule has 2 nitrogen and oxygen atoms in total. The lowest BCUT2D eigenvalue weighted by Crippen LogP contribution is -2.33. The maximum Gasteiger partial charge on any atom is 0.204 e. The first-order chi connectivity index (χ1) is 5.99. The number of hydrogen-bond donors (Lipinski definition) is 1. The molecule has 0 amide bonds. The Hall–Kier alpha value is -0.670. The van der Waals surface area contributed by atoms with E-state index in [-0.39, 0.29) is 5.78 Å². The molecule has 1 atom stereocenters. The van der Waals surface area contributed by atoms with Gasteiger partial charge in [-0.1, -0.05) is 6.92 Å². The van der Waals surface area contributed by atoms with Crippen LogP contribution in [0.1, 0.15) is 35.5 Å². The second-order valence-electron chi connectivity index (χ2n) is 3.39. The SMILES string of the molecule is CCC(C)(O)C(=O)c1sccc1C. The number of aryl methyl sites for hydroxylation is 1. The van der Waals surface area contributed by atoms with Crippen LogP contribution in [0.2, 0.25) is 0 Å². The molecule has 0 aliphatic rings. The summed E-state index contributed by atoms with van der Waals surface area (Å²) in [5.41, 5.74) is -0.265. The van der Waals surface area contributed by atoms with Crippen LogP contribution in [-0.4, -0.2) is 16.5 Å². The van der Waals surface area contributed by atoms with E-state index in [2.05, 4.69) is 0 Å². The van der Waals surface area contributed by atoms with E-state index in [0.717, 1.165) is 5.56 Å². The van der Waals surface area contributed by atoms with Crippen LogP contribution in [-0.2, 0) is 0 Å². The van der Waals surface area contributed by atoms with Gasteiger partial charge in [-0.2, -0.15) is 0 Å². The van der Waals surface area contributed by atoms with Crippen molar-refractivity contribution >= 4 is 17.1 Å². The van der Waals surface area contributed by atoms with Crippen molar-refractivity contribution in [1.29, 1.82) is 0 Å². The van der Waals surface area contributed by atoms with Crippen LogP contribution in [0.25, 0.3) is 0 Å². The van der Waals surface area contributed by atoms with Crippen molar-refractivity contribution in [2.24, 2.45) is 0 Å². The standard InChI is InChI=1S/C10H14O2S/c1-4-10(3,12)9(11)8-7(2)5-6-13-8/h5-6,12H,4H2,1-3H3. The Morgan fingerprint density at radius 1 is 1.69 bits per heavy atom. The van der Waals surface area contributed by atoms with Crippen LogP contribution in [0.5, 0.6) is 0 Å². The maximum atomic E-state index is 11.7. The van der Waals surface area contributed by atoms with Gasteiger partial charge in [0.2, 0.25) is 5.78 Å². The molecule has 1 heterocycles. The first-order valence-corrected chi connectivity index (χ1v) is 5.18. The van der Waals surface area contributed by atoms with E-state index in [1.807, 2.05) is 18.4 Å². The Balaban J connectivity index is 2.98. The van der Waals surface area contributed by atoms with Gasteiger partial charge in [-0.15, -0.1) is 11.3 Å². The molecule has 72 valence electrons. The van der Waals surface area contributed by atoms with E-state index < -0.39 is 5.60 Å². The molecule has 0 fully saturated rings. The second-order valence-corrected chi connectivity index (χ2v) is 4.31. The van der Waals surface area contributed by atoms with Gasteiger partial charge in [-0.05, 0) is 37.3 Å². The molecular formula is C10H14O2S. The minimum absolute atomic E-state index is 0.164. The molecule has 0 saturated carbocycles. The minimum atomic E-state index is -1.21. The molecule has 0 saturated heterocycles. The van der Waals surface area contributed by atoms with Gasteiger partial charge < -0.3 is 5.11 Å². The smallest absolute Gasteiger partial charge is 0.204 e. The van der Waals surface area contributed by atoms with E-state index in [9.17, 15) is 9.90 Å². The van der Waals surface area contributed by atoms with Crippen molar-refractivity contribution in [1.82, 2.24) is 0 Å². The van der Waals surface area contributed by atoms with E-state index >= 15 is 0 Å². The van der Waals surface area contributed by atoms with Gasteiger partial charge in [0.25, 0.3) is 0 Å². The highest BCUT2D eigenvalue weighted by atomic mass is 32.1. The molecule has 0 aliphatic heterocycles. The highest BCUT2D eigenvalue weighted by Crippen LogP contribution is 2.23. The first kappa shape index (κ1) is 10.4. The molecule has 1 aromatic heterocycles. The fraction of sp³-hybridized carbons (Fsp3) is 0.500. The number of carbonyl (C=O) groups excluding carboxylic acids is 1. The topological polar surface area (TPSA) is 37.3 Å². The lowest BCUT2D eigenvalue weighted by molar-refractivity contribution is 0.0394. The lowest BCUT2D eigenvalue weighted by Gasteiger charge is -2.18. The highest BCUT2D eigenvalue weighted by molar-refractivity contribution is 7.12. The zero-order valence-electron chi connectivity index (χ0n) is 8.13. The average Bonchev–Trinajstić information content (AvgIpc) is 2.50. The Morgan fingerprint density at radius 3 is 2.69 bits per heavy atom. The summed E-state index contributed by atoms with van der Waals surface area (Å²) < 4.78 is 0. The van der Waals surface area contributed by atoms with Crippen LogP contribution in [0, 0.1) is 6.92 Å². The minimum Gasteiger partial charge on any atom is -0.382 e. The predicted molar refractivity (Wildman–Crippen MR) is 54.3 cm³/mol. The molecule has 0 aromatic carbocycles. The Bertz CT molecular complexity index is 312. The molecule has 0 spiro atoms. The monoisotopic (exact) mass is 198 g/mol. The molecular weight excluding hydrogens is 184 g/mol. The second kappa shape index (κ2) is 3.60. The molecule has 0 aliphatic carbocycles. The van der Waals surface area contributed by atoms with Crippen LogP contribution >= 0.6 is 11.3 Å². The van der Waals surface area contributed by atoms with Crippen LogP contribution < -0.4 is 0 Å². The quantitative estimate of drug-likeness (QED) is 0.757. The lowest BCUT2D eigenvalue weighted by atomic mass is 9.95. The summed E-state index contributed by atoms with van der Waals surface area (Å²) in [5, 5.41) is 11.6. The van der Waals surface area contributed by atoms with Gasteiger partial charge in [-0.3, -0.25) is 4.79 Å². The normalized spacial score (nSPS) is 15.4. The van der Waals surface area contributed by atoms with Crippen molar-refractivity contribution in [3.8, 4) is 0 Å². The van der Waals surface area contributed by atoms with Crippen molar-refractivity contribution in [3.05, 3.63) is 21.9 Å². The van der Waals surface area contributed by atoms with Crippen molar-refractivity contribution in [2.75, 3.05) is 0 Å². The molecule has 13 heavy (non-hydrogen) atoms. The maximum absolute atomic E-state index is 11.7. The summed E-state index contributed by atoms with van der Waals surface area (Å²) in [5.74, 6) is -0.164. The average molecular weight is 198 g/mol. The number of Topliss-reactive ketones (excluding diaryl/α,β-unsaturated/α-hetero) is 1. The molecule has 1 rings (SSSR count). The van der Waals surface area contributed by atoms with E-state index in [4.69, 9.17) is 0 Å². The third-order valence-corrected chi connectivity index (χ3v) is 3.26. The number of rotatable bonds is 3. The number of aliphatic hydroxyl groups is 1. The molecule has 3 heteroatoms. The van der Waals surface area contributed by atoms with Crippen molar-refractivity contribution in [3.63, 3.8) is 0 Å². The van der Waals surface area contributed by atoms with Gasteiger partial charge in [0.05, 0.1) is 4.88 Å². The highest BCUT2D eigenvalue weighted by Gasteiger charge is 2.30. The number of carbonyl (C=O) groups is 1. The summed E-state index contributed by atoms with van der Waals surface area (Å²) in [7, 11) is 0. The van der Waals surface area contributed by atoms with E-state index in [1.54, 1.807) is 13.8 Å². The Labute approximate surface area is 82.2 Å². The van der Waals surface area contributed by atoms with Crippen LogP contribution in [0.4, 0.5) is 0 Å². The van der Waals surface area contributed by atoms with E-state index in [0.29, 0.717) is 11.3 Å². The fourth-order valence-electron chi connectivity index (χ4n) is 1.01. The van der Waals surface area contributed by atoms with Gasteiger partial charge in [0, 0.05) is 0 Å². The zero-order valence-corrected chi connectivity index (χ0v) is 8.94. The Morgan fingerprint density at radius 2 is 2.31 bits per heavy atom. The largest absolute Gasteiger partial charge is 0.382 e. The zero-order chi connectivity index (χ0) is 10.1. The molecule has 1 N–H and O–H groups in total. The third-order valence-electron chi connectivity index (χ3n) is 2.25. The summed E-state index contributed by atoms with van der Waals surface area (Å²) in [6.45, 7) is 5.25. The van der Waals surface area contributed by atoms with E-state index in [1.165, 1.54) is 11.3 Å². The molecule has 1 unspecified atom stereocenters. The predicted octanol–water partition coefficient (Wildman–Crippen LogP) is 2.40. The van der Waals surface area contributed by atoms with Crippen LogP contribution in [0.15, 0.2) is 11.4 Å². The van der Waals surface area contributed by atoms with Crippen molar-refractivity contribution in [2.45, 2.75) is 32.8 Å². The summed E-state index contributed by atoms with van der Waals surface area (Å²) in [4.78, 5) is 12.4. The molecule has 0 bridgehead atoms. The van der Waals surface area contributed by atoms with Gasteiger partial charge in [0.15, 0.2) is 0 Å². The van der Waals surface area contributed by atoms with Gasteiger partial charge >= 0.3 is 0 Å². The molecule has 0 radical (unpaired) electrons. The van der Waals surface area contributed by atoms with Gasteiger partial charge in [-0.25, -0.2) is 0 Å². The Kier molecular flexibility index (Phi) is 2.88. The summed E-state index contributed by atoms with van der Waals surface area (Å²) in [6, 6.07) is 1.89. The first-order valence-electron chi connectivity index (χ1n) is 4.30. The number of ketones is 1. The summed E-state index contributed by atoms with van der Waals surface area (Å²) >= 11 is 1.39.